The number of hydrogen-bond acceptors (Lipinski definition) is 3. The molecule has 1 saturated heterocycles. The molecule has 3 nitrogen and oxygen atoms in total. The third-order valence-electron chi connectivity index (χ3n) is 3.95. The Labute approximate surface area is 114 Å². The molecule has 1 aromatic carbocycles. The van der Waals surface area contributed by atoms with Crippen molar-refractivity contribution in [3.63, 3.8) is 0 Å². The standard InChI is InChI=1S/C16H21N3/c1-19-10-4-5-13(12-19)11-18-16-8-9-17-15-7-3-2-6-14(15)16/h2-3,6-9,13H,4-5,10-12H2,1H3,(H,17,18). The quantitative estimate of drug-likeness (QED) is 0.914. The molecular formula is C16H21N3. The molecule has 2 heterocycles. The molecule has 100 valence electrons. The van der Waals surface area contributed by atoms with E-state index >= 15 is 0 Å². The Hall–Kier alpha value is -1.61. The van der Waals surface area contributed by atoms with Gasteiger partial charge in [-0.15, -0.1) is 0 Å². The highest BCUT2D eigenvalue weighted by Crippen LogP contribution is 2.22. The topological polar surface area (TPSA) is 28.2 Å². The maximum atomic E-state index is 4.40. The van der Waals surface area contributed by atoms with Crippen LogP contribution in [0, 0.1) is 5.92 Å². The molecule has 2 aromatic rings. The summed E-state index contributed by atoms with van der Waals surface area (Å²) in [6.07, 6.45) is 4.54. The second kappa shape index (κ2) is 5.57. The van der Waals surface area contributed by atoms with Gasteiger partial charge in [-0.05, 0) is 44.5 Å². The molecule has 1 aliphatic rings. The fourth-order valence-corrected chi connectivity index (χ4v) is 2.94. The first-order valence-corrected chi connectivity index (χ1v) is 7.09. The Morgan fingerprint density at radius 1 is 1.32 bits per heavy atom. The summed E-state index contributed by atoms with van der Waals surface area (Å²) in [4.78, 5) is 6.83. The molecule has 1 aromatic heterocycles. The van der Waals surface area contributed by atoms with Crippen molar-refractivity contribution in [1.29, 1.82) is 0 Å². The third kappa shape index (κ3) is 2.87. The van der Waals surface area contributed by atoms with Crippen molar-refractivity contribution in [3.8, 4) is 0 Å². The summed E-state index contributed by atoms with van der Waals surface area (Å²) < 4.78 is 0. The zero-order valence-electron chi connectivity index (χ0n) is 11.5. The molecule has 0 bridgehead atoms. The van der Waals surface area contributed by atoms with E-state index in [1.807, 2.05) is 12.3 Å². The van der Waals surface area contributed by atoms with Gasteiger partial charge in [0, 0.05) is 30.4 Å². The molecule has 1 atom stereocenters. The fourth-order valence-electron chi connectivity index (χ4n) is 2.94. The molecule has 3 heteroatoms. The van der Waals surface area contributed by atoms with Crippen LogP contribution in [0.15, 0.2) is 36.5 Å². The SMILES string of the molecule is CN1CCCC(CNc2ccnc3ccccc23)C1. The summed E-state index contributed by atoms with van der Waals surface area (Å²) >= 11 is 0. The lowest BCUT2D eigenvalue weighted by atomic mass is 9.98. The number of fused-ring (bicyclic) bond motifs is 1. The van der Waals surface area contributed by atoms with Gasteiger partial charge in [-0.3, -0.25) is 4.98 Å². The van der Waals surface area contributed by atoms with Gasteiger partial charge in [0.25, 0.3) is 0 Å². The van der Waals surface area contributed by atoms with E-state index in [0.717, 1.165) is 18.0 Å². The minimum absolute atomic E-state index is 0.755. The van der Waals surface area contributed by atoms with Crippen molar-refractivity contribution in [2.24, 2.45) is 5.92 Å². The lowest BCUT2D eigenvalue weighted by molar-refractivity contribution is 0.217. The number of pyridine rings is 1. The maximum absolute atomic E-state index is 4.40. The van der Waals surface area contributed by atoms with E-state index in [2.05, 4.69) is 46.5 Å². The minimum Gasteiger partial charge on any atom is -0.384 e. The number of rotatable bonds is 3. The van der Waals surface area contributed by atoms with Gasteiger partial charge in [0.2, 0.25) is 0 Å². The van der Waals surface area contributed by atoms with E-state index in [9.17, 15) is 0 Å². The molecule has 1 aliphatic heterocycles. The summed E-state index contributed by atoms with van der Waals surface area (Å²) in [6.45, 7) is 3.50. The Morgan fingerprint density at radius 3 is 3.11 bits per heavy atom. The highest BCUT2D eigenvalue weighted by molar-refractivity contribution is 5.90. The van der Waals surface area contributed by atoms with Gasteiger partial charge < -0.3 is 10.2 Å². The van der Waals surface area contributed by atoms with E-state index in [0.29, 0.717) is 0 Å². The molecule has 0 radical (unpaired) electrons. The lowest BCUT2D eigenvalue weighted by Gasteiger charge is -2.30. The molecular weight excluding hydrogens is 234 g/mol. The number of benzene rings is 1. The number of aromatic nitrogens is 1. The van der Waals surface area contributed by atoms with E-state index < -0.39 is 0 Å². The highest BCUT2D eigenvalue weighted by Gasteiger charge is 2.16. The molecule has 19 heavy (non-hydrogen) atoms. The molecule has 0 saturated carbocycles. The zero-order chi connectivity index (χ0) is 13.1. The number of anilines is 1. The molecule has 1 unspecified atom stereocenters. The monoisotopic (exact) mass is 255 g/mol. The maximum Gasteiger partial charge on any atom is 0.0722 e. The number of nitrogens with zero attached hydrogens (tertiary/aromatic N) is 2. The van der Waals surface area contributed by atoms with Crippen molar-refractivity contribution >= 4 is 16.6 Å². The average molecular weight is 255 g/mol. The second-order valence-electron chi connectivity index (χ2n) is 5.53. The molecule has 0 aliphatic carbocycles. The Kier molecular flexibility index (Phi) is 3.65. The van der Waals surface area contributed by atoms with Gasteiger partial charge in [-0.25, -0.2) is 0 Å². The molecule has 0 spiro atoms. The van der Waals surface area contributed by atoms with Crippen LogP contribution in [-0.4, -0.2) is 36.6 Å². The van der Waals surface area contributed by atoms with Crippen molar-refractivity contribution in [2.45, 2.75) is 12.8 Å². The van der Waals surface area contributed by atoms with Gasteiger partial charge in [0.15, 0.2) is 0 Å². The predicted molar refractivity (Wildman–Crippen MR) is 80.5 cm³/mol. The summed E-state index contributed by atoms with van der Waals surface area (Å²) in [6, 6.07) is 10.4. The Balaban J connectivity index is 1.71. The first-order chi connectivity index (χ1) is 9.33. The third-order valence-corrected chi connectivity index (χ3v) is 3.95. The van der Waals surface area contributed by atoms with Crippen LogP contribution in [0.2, 0.25) is 0 Å². The number of hydrogen-bond donors (Lipinski definition) is 1. The van der Waals surface area contributed by atoms with Crippen molar-refractivity contribution < 1.29 is 0 Å². The van der Waals surface area contributed by atoms with Crippen LogP contribution in [0.4, 0.5) is 5.69 Å². The molecule has 1 fully saturated rings. The fraction of sp³-hybridized carbons (Fsp3) is 0.438. The van der Waals surface area contributed by atoms with E-state index in [1.165, 1.54) is 37.0 Å². The Bertz CT molecular complexity index is 547. The lowest BCUT2D eigenvalue weighted by Crippen LogP contribution is -2.35. The summed E-state index contributed by atoms with van der Waals surface area (Å²) in [5.41, 5.74) is 2.27. The van der Waals surface area contributed by atoms with Gasteiger partial charge in [-0.1, -0.05) is 18.2 Å². The minimum atomic E-state index is 0.755. The summed E-state index contributed by atoms with van der Waals surface area (Å²) in [5, 5.41) is 4.83. The van der Waals surface area contributed by atoms with Crippen molar-refractivity contribution in [1.82, 2.24) is 9.88 Å². The van der Waals surface area contributed by atoms with E-state index in [1.54, 1.807) is 0 Å². The highest BCUT2D eigenvalue weighted by atomic mass is 15.1. The van der Waals surface area contributed by atoms with Gasteiger partial charge in [-0.2, -0.15) is 0 Å². The molecule has 3 rings (SSSR count). The normalized spacial score (nSPS) is 20.6. The van der Waals surface area contributed by atoms with Crippen LogP contribution in [-0.2, 0) is 0 Å². The number of likely N-dealkylation sites (tertiary alicyclic amines) is 1. The molecule has 1 N–H and O–H groups in total. The largest absolute Gasteiger partial charge is 0.384 e. The number of nitrogens with one attached hydrogen (secondary N) is 1. The van der Waals surface area contributed by atoms with Gasteiger partial charge in [0.05, 0.1) is 5.52 Å². The van der Waals surface area contributed by atoms with Gasteiger partial charge >= 0.3 is 0 Å². The average Bonchev–Trinajstić information content (AvgIpc) is 2.45. The van der Waals surface area contributed by atoms with Crippen LogP contribution in [0.25, 0.3) is 10.9 Å². The van der Waals surface area contributed by atoms with E-state index in [-0.39, 0.29) is 0 Å². The van der Waals surface area contributed by atoms with Crippen LogP contribution in [0.1, 0.15) is 12.8 Å². The smallest absolute Gasteiger partial charge is 0.0722 e. The predicted octanol–water partition coefficient (Wildman–Crippen LogP) is 2.99. The first-order valence-electron chi connectivity index (χ1n) is 7.09. The number of piperidine rings is 1. The summed E-state index contributed by atoms with van der Waals surface area (Å²) in [7, 11) is 2.22. The van der Waals surface area contributed by atoms with Crippen LogP contribution >= 0.6 is 0 Å². The van der Waals surface area contributed by atoms with Crippen molar-refractivity contribution in [2.75, 3.05) is 32.0 Å². The first kappa shape index (κ1) is 12.4. The van der Waals surface area contributed by atoms with Crippen LogP contribution in [0.5, 0.6) is 0 Å². The Morgan fingerprint density at radius 2 is 2.21 bits per heavy atom. The zero-order valence-corrected chi connectivity index (χ0v) is 11.5. The van der Waals surface area contributed by atoms with Crippen molar-refractivity contribution in [3.05, 3.63) is 36.5 Å². The van der Waals surface area contributed by atoms with Crippen LogP contribution in [0.3, 0.4) is 0 Å². The summed E-state index contributed by atoms with van der Waals surface area (Å²) in [5.74, 6) is 0.755. The van der Waals surface area contributed by atoms with Gasteiger partial charge in [0.1, 0.15) is 0 Å². The van der Waals surface area contributed by atoms with Crippen LogP contribution < -0.4 is 5.32 Å². The number of para-hydroxylation sites is 1. The van der Waals surface area contributed by atoms with E-state index in [4.69, 9.17) is 0 Å². The second-order valence-corrected chi connectivity index (χ2v) is 5.53. The molecule has 0 amide bonds.